The van der Waals surface area contributed by atoms with E-state index in [1.165, 1.54) is 24.3 Å². The highest BCUT2D eigenvalue weighted by molar-refractivity contribution is 9.10. The number of hydrogen-bond acceptors (Lipinski definition) is 3. The Hall–Kier alpha value is -2.99. The maximum Gasteiger partial charge on any atom is 0.255 e. The number of halogens is 2. The van der Waals surface area contributed by atoms with Crippen LogP contribution < -0.4 is 10.1 Å². The molecule has 1 N–H and O–H groups in total. The summed E-state index contributed by atoms with van der Waals surface area (Å²) in [5, 5.41) is 2.78. The van der Waals surface area contributed by atoms with Gasteiger partial charge in [0, 0.05) is 27.4 Å². The SMILES string of the molecule is O=C(COc1cccc(NC(=O)c2ccc(Br)cc2)c1)c1ccc(F)cc1. The zero-order valence-corrected chi connectivity index (χ0v) is 15.7. The largest absolute Gasteiger partial charge is 0.485 e. The normalized spacial score (nSPS) is 10.3. The van der Waals surface area contributed by atoms with Gasteiger partial charge in [0.25, 0.3) is 5.91 Å². The second kappa shape index (κ2) is 8.60. The van der Waals surface area contributed by atoms with Gasteiger partial charge in [-0.2, -0.15) is 0 Å². The lowest BCUT2D eigenvalue weighted by Gasteiger charge is -2.09. The van der Waals surface area contributed by atoms with E-state index in [4.69, 9.17) is 4.74 Å². The van der Waals surface area contributed by atoms with Crippen LogP contribution in [0.5, 0.6) is 5.75 Å². The first-order valence-electron chi connectivity index (χ1n) is 8.10. The predicted octanol–water partition coefficient (Wildman–Crippen LogP) is 5.10. The maximum atomic E-state index is 12.9. The van der Waals surface area contributed by atoms with E-state index in [-0.39, 0.29) is 18.3 Å². The minimum atomic E-state index is -0.401. The van der Waals surface area contributed by atoms with E-state index in [1.54, 1.807) is 48.5 Å². The van der Waals surface area contributed by atoms with Crippen LogP contribution in [0.2, 0.25) is 0 Å². The van der Waals surface area contributed by atoms with Crippen molar-refractivity contribution in [2.75, 3.05) is 11.9 Å². The van der Waals surface area contributed by atoms with Crippen molar-refractivity contribution in [2.45, 2.75) is 0 Å². The monoisotopic (exact) mass is 427 g/mol. The van der Waals surface area contributed by atoms with Crippen LogP contribution in [-0.2, 0) is 0 Å². The molecule has 0 saturated heterocycles. The van der Waals surface area contributed by atoms with Crippen LogP contribution in [-0.4, -0.2) is 18.3 Å². The summed E-state index contributed by atoms with van der Waals surface area (Å²) in [6.45, 7) is -0.185. The van der Waals surface area contributed by atoms with Crippen molar-refractivity contribution >= 4 is 33.3 Å². The quantitative estimate of drug-likeness (QED) is 0.556. The third-order valence-electron chi connectivity index (χ3n) is 3.73. The summed E-state index contributed by atoms with van der Waals surface area (Å²) in [4.78, 5) is 24.3. The summed E-state index contributed by atoms with van der Waals surface area (Å²) in [6, 6.07) is 19.0. The van der Waals surface area contributed by atoms with Crippen LogP contribution in [0.3, 0.4) is 0 Å². The zero-order chi connectivity index (χ0) is 19.2. The van der Waals surface area contributed by atoms with Crippen molar-refractivity contribution in [3.63, 3.8) is 0 Å². The molecule has 0 radical (unpaired) electrons. The highest BCUT2D eigenvalue weighted by atomic mass is 79.9. The molecule has 0 aliphatic heterocycles. The summed E-state index contributed by atoms with van der Waals surface area (Å²) in [5.41, 5.74) is 1.45. The van der Waals surface area contributed by atoms with Crippen LogP contribution in [0.4, 0.5) is 10.1 Å². The molecule has 0 atom stereocenters. The standard InChI is InChI=1S/C21H15BrFNO3/c22-16-8-4-15(5-9-16)21(26)24-18-2-1-3-19(12-18)27-13-20(25)14-6-10-17(23)11-7-14/h1-12H,13H2,(H,24,26). The lowest BCUT2D eigenvalue weighted by Crippen LogP contribution is -2.13. The van der Waals surface area contributed by atoms with Gasteiger partial charge in [-0.05, 0) is 60.7 Å². The zero-order valence-electron chi connectivity index (χ0n) is 14.1. The van der Waals surface area contributed by atoms with Crippen LogP contribution in [0.15, 0.2) is 77.3 Å². The second-order valence-electron chi connectivity index (χ2n) is 5.71. The molecule has 0 heterocycles. The number of benzene rings is 3. The number of nitrogens with one attached hydrogen (secondary N) is 1. The average Bonchev–Trinajstić information content (AvgIpc) is 2.67. The minimum Gasteiger partial charge on any atom is -0.485 e. The van der Waals surface area contributed by atoms with Gasteiger partial charge in [-0.25, -0.2) is 4.39 Å². The Balaban J connectivity index is 1.61. The summed E-state index contributed by atoms with van der Waals surface area (Å²) < 4.78 is 19.3. The Morgan fingerprint density at radius 1 is 0.926 bits per heavy atom. The van der Waals surface area contributed by atoms with Crippen molar-refractivity contribution in [1.82, 2.24) is 0 Å². The fourth-order valence-corrected chi connectivity index (χ4v) is 2.60. The van der Waals surface area contributed by atoms with Crippen molar-refractivity contribution in [3.8, 4) is 5.75 Å². The molecule has 1 amide bonds. The topological polar surface area (TPSA) is 55.4 Å². The van der Waals surface area contributed by atoms with Crippen molar-refractivity contribution < 1.29 is 18.7 Å². The molecular weight excluding hydrogens is 413 g/mol. The van der Waals surface area contributed by atoms with E-state index in [9.17, 15) is 14.0 Å². The first-order valence-corrected chi connectivity index (χ1v) is 8.89. The molecule has 136 valence electrons. The van der Waals surface area contributed by atoms with Gasteiger partial charge in [0.15, 0.2) is 12.4 Å². The number of rotatable bonds is 6. The van der Waals surface area contributed by atoms with E-state index in [0.29, 0.717) is 22.6 Å². The van der Waals surface area contributed by atoms with E-state index < -0.39 is 5.82 Å². The van der Waals surface area contributed by atoms with Gasteiger partial charge >= 0.3 is 0 Å². The molecule has 3 aromatic carbocycles. The van der Waals surface area contributed by atoms with Gasteiger partial charge in [0.05, 0.1) is 0 Å². The van der Waals surface area contributed by atoms with Gasteiger partial charge in [0.1, 0.15) is 11.6 Å². The maximum absolute atomic E-state index is 12.9. The molecule has 0 spiro atoms. The molecule has 3 rings (SSSR count). The fraction of sp³-hybridized carbons (Fsp3) is 0.0476. The van der Waals surface area contributed by atoms with Gasteiger partial charge in [-0.3, -0.25) is 9.59 Å². The van der Waals surface area contributed by atoms with Crippen molar-refractivity contribution in [1.29, 1.82) is 0 Å². The summed E-state index contributed by atoms with van der Waals surface area (Å²) in [6.07, 6.45) is 0. The number of anilines is 1. The highest BCUT2D eigenvalue weighted by Crippen LogP contribution is 2.19. The smallest absolute Gasteiger partial charge is 0.255 e. The molecule has 6 heteroatoms. The van der Waals surface area contributed by atoms with Crippen molar-refractivity contribution in [3.05, 3.63) is 94.2 Å². The number of carbonyl (C=O) groups excluding carboxylic acids is 2. The molecule has 4 nitrogen and oxygen atoms in total. The third kappa shape index (κ3) is 5.24. The first-order chi connectivity index (χ1) is 13.0. The summed E-state index contributed by atoms with van der Waals surface area (Å²) in [5.74, 6) is -0.470. The number of amides is 1. The van der Waals surface area contributed by atoms with Gasteiger partial charge in [-0.1, -0.05) is 22.0 Å². The molecule has 0 bridgehead atoms. The Morgan fingerprint density at radius 2 is 1.59 bits per heavy atom. The Kier molecular flexibility index (Phi) is 5.98. The second-order valence-corrected chi connectivity index (χ2v) is 6.62. The molecule has 3 aromatic rings. The van der Waals surface area contributed by atoms with Gasteiger partial charge in [0.2, 0.25) is 0 Å². The molecular formula is C21H15BrFNO3. The fourth-order valence-electron chi connectivity index (χ4n) is 2.34. The van der Waals surface area contributed by atoms with E-state index in [2.05, 4.69) is 21.2 Å². The van der Waals surface area contributed by atoms with E-state index in [1.807, 2.05) is 0 Å². The molecule has 0 aliphatic carbocycles. The number of hydrogen-bond donors (Lipinski definition) is 1. The first kappa shape index (κ1) is 18.8. The third-order valence-corrected chi connectivity index (χ3v) is 4.26. The molecule has 0 fully saturated rings. The number of ether oxygens (including phenoxy) is 1. The van der Waals surface area contributed by atoms with Gasteiger partial charge in [-0.15, -0.1) is 0 Å². The van der Waals surface area contributed by atoms with Crippen LogP contribution in [0, 0.1) is 5.82 Å². The number of Topliss-reactive ketones (excluding diaryl/α,β-unsaturated/α-hetero) is 1. The van der Waals surface area contributed by atoms with Gasteiger partial charge < -0.3 is 10.1 Å². The summed E-state index contributed by atoms with van der Waals surface area (Å²) in [7, 11) is 0. The Bertz CT molecular complexity index is 956. The van der Waals surface area contributed by atoms with E-state index >= 15 is 0 Å². The molecule has 27 heavy (non-hydrogen) atoms. The van der Waals surface area contributed by atoms with Crippen molar-refractivity contribution in [2.24, 2.45) is 0 Å². The lowest BCUT2D eigenvalue weighted by atomic mass is 10.1. The number of ketones is 1. The predicted molar refractivity (Wildman–Crippen MR) is 105 cm³/mol. The molecule has 0 aliphatic rings. The molecule has 0 aromatic heterocycles. The Labute approximate surface area is 164 Å². The van der Waals surface area contributed by atoms with Crippen LogP contribution >= 0.6 is 15.9 Å². The number of carbonyl (C=O) groups is 2. The van der Waals surface area contributed by atoms with E-state index in [0.717, 1.165) is 4.47 Å². The lowest BCUT2D eigenvalue weighted by molar-refractivity contribution is 0.0920. The molecule has 0 saturated carbocycles. The summed E-state index contributed by atoms with van der Waals surface area (Å²) >= 11 is 3.33. The average molecular weight is 428 g/mol. The van der Waals surface area contributed by atoms with Crippen LogP contribution in [0.25, 0.3) is 0 Å². The Morgan fingerprint density at radius 3 is 2.30 bits per heavy atom. The van der Waals surface area contributed by atoms with Crippen LogP contribution in [0.1, 0.15) is 20.7 Å². The minimum absolute atomic E-state index is 0.185. The molecule has 0 unspecified atom stereocenters. The highest BCUT2D eigenvalue weighted by Gasteiger charge is 2.09.